The van der Waals surface area contributed by atoms with Gasteiger partial charge < -0.3 is 15.6 Å². The standard InChI is InChI=1S/C22H18F3N7O.C2H3F3/c23-22(24,25)16-8-9-17(31-30-16)29-18(33)10-12-4-6-13(7-5-12)32-15-3-1-2-14(15)19-20(32)21(26)28-11-27-19;1-2(3,4)5/h4-9,11H,1-3,10H2,(H2,26,27,28)(H,29,31,33);1H3. The summed E-state index contributed by atoms with van der Waals surface area (Å²) in [5.41, 5.74) is 10.7. The van der Waals surface area contributed by atoms with Gasteiger partial charge in [0.2, 0.25) is 5.91 Å². The minimum Gasteiger partial charge on any atom is -0.382 e. The number of aromatic nitrogens is 5. The molecule has 5 rings (SSSR count). The molecule has 1 amide bonds. The van der Waals surface area contributed by atoms with Crippen molar-refractivity contribution in [2.75, 3.05) is 11.1 Å². The first kappa shape index (κ1) is 26.8. The summed E-state index contributed by atoms with van der Waals surface area (Å²) in [4.78, 5) is 20.9. The second-order valence-corrected chi connectivity index (χ2v) is 8.54. The van der Waals surface area contributed by atoms with E-state index in [-0.39, 0.29) is 19.2 Å². The van der Waals surface area contributed by atoms with E-state index in [4.69, 9.17) is 5.73 Å². The van der Waals surface area contributed by atoms with Crippen molar-refractivity contribution in [2.24, 2.45) is 0 Å². The second-order valence-electron chi connectivity index (χ2n) is 8.54. The summed E-state index contributed by atoms with van der Waals surface area (Å²) in [6.45, 7) is 0.188. The van der Waals surface area contributed by atoms with Crippen LogP contribution in [-0.2, 0) is 30.2 Å². The summed E-state index contributed by atoms with van der Waals surface area (Å²) in [5, 5.41) is 8.97. The Balaban J connectivity index is 0.000000617. The lowest BCUT2D eigenvalue weighted by molar-refractivity contribution is -0.141. The van der Waals surface area contributed by atoms with Gasteiger partial charge in [-0.2, -0.15) is 26.3 Å². The maximum Gasteiger partial charge on any atom is 0.435 e. The number of benzene rings is 1. The first-order valence-electron chi connectivity index (χ1n) is 11.3. The molecule has 3 heterocycles. The molecule has 0 atom stereocenters. The number of amides is 1. The van der Waals surface area contributed by atoms with Crippen LogP contribution >= 0.6 is 0 Å². The maximum absolute atomic E-state index is 12.6. The Labute approximate surface area is 211 Å². The number of alkyl halides is 6. The predicted octanol–water partition coefficient (Wildman–Crippen LogP) is 5.05. The van der Waals surface area contributed by atoms with E-state index in [1.165, 1.54) is 17.6 Å². The molecule has 200 valence electrons. The fraction of sp³-hybridized carbons (Fsp3) is 0.292. The number of nitrogen functional groups attached to an aromatic ring is 1. The minimum atomic E-state index is -4.58. The van der Waals surface area contributed by atoms with Gasteiger partial charge in [0.15, 0.2) is 17.3 Å². The van der Waals surface area contributed by atoms with Crippen LogP contribution in [-0.4, -0.2) is 36.8 Å². The van der Waals surface area contributed by atoms with Crippen molar-refractivity contribution in [1.82, 2.24) is 24.7 Å². The fourth-order valence-electron chi connectivity index (χ4n) is 4.17. The van der Waals surface area contributed by atoms with Crippen LogP contribution < -0.4 is 11.1 Å². The Morgan fingerprint density at radius 2 is 1.68 bits per heavy atom. The number of nitrogens with zero attached hydrogens (tertiary/aromatic N) is 5. The normalized spacial score (nSPS) is 13.1. The smallest absolute Gasteiger partial charge is 0.382 e. The summed E-state index contributed by atoms with van der Waals surface area (Å²) in [6, 6.07) is 9.27. The van der Waals surface area contributed by atoms with Crippen LogP contribution in [0, 0.1) is 0 Å². The second kappa shape index (κ2) is 10.3. The zero-order chi connectivity index (χ0) is 27.7. The lowest BCUT2D eigenvalue weighted by atomic mass is 10.1. The van der Waals surface area contributed by atoms with E-state index >= 15 is 0 Å². The molecule has 0 bridgehead atoms. The third kappa shape index (κ3) is 6.18. The summed E-state index contributed by atoms with van der Waals surface area (Å²) in [6.07, 6.45) is -4.17. The molecule has 1 aliphatic carbocycles. The number of nitrogens with two attached hydrogens (primary N) is 1. The summed E-state index contributed by atoms with van der Waals surface area (Å²) < 4.78 is 70.9. The van der Waals surface area contributed by atoms with E-state index in [9.17, 15) is 31.1 Å². The average Bonchev–Trinajstić information content (AvgIpc) is 3.40. The zero-order valence-electron chi connectivity index (χ0n) is 19.9. The Hall–Kier alpha value is -4.23. The van der Waals surface area contributed by atoms with Crippen molar-refractivity contribution in [3.8, 4) is 5.69 Å². The fourth-order valence-corrected chi connectivity index (χ4v) is 4.17. The number of nitrogens with one attached hydrogen (secondary N) is 1. The van der Waals surface area contributed by atoms with Gasteiger partial charge in [-0.3, -0.25) is 4.79 Å². The Kier molecular flexibility index (Phi) is 7.24. The van der Waals surface area contributed by atoms with Crippen LogP contribution in [0.15, 0.2) is 42.7 Å². The number of hydrogen-bond acceptors (Lipinski definition) is 6. The number of fused-ring (bicyclic) bond motifs is 3. The van der Waals surface area contributed by atoms with Crippen LogP contribution in [0.5, 0.6) is 0 Å². The van der Waals surface area contributed by atoms with Crippen LogP contribution in [0.2, 0.25) is 0 Å². The summed E-state index contributed by atoms with van der Waals surface area (Å²) >= 11 is 0. The highest BCUT2D eigenvalue weighted by molar-refractivity contribution is 5.92. The van der Waals surface area contributed by atoms with E-state index < -0.39 is 24.0 Å². The van der Waals surface area contributed by atoms with Gasteiger partial charge in [0.1, 0.15) is 11.8 Å². The SMILES string of the molecule is CC(F)(F)F.Nc1ncnc2c3c(n(-c4ccc(CC(=O)Nc5ccc(C(F)(F)F)nn5)cc4)c12)CCC3. The number of halogens is 6. The van der Waals surface area contributed by atoms with Gasteiger partial charge >= 0.3 is 12.4 Å². The van der Waals surface area contributed by atoms with Gasteiger partial charge in [0.25, 0.3) is 0 Å². The number of carbonyl (C=O) groups excluding carboxylic acids is 1. The predicted molar refractivity (Wildman–Crippen MR) is 126 cm³/mol. The molecule has 0 aliphatic heterocycles. The molecule has 0 spiro atoms. The van der Waals surface area contributed by atoms with Gasteiger partial charge in [-0.25, -0.2) is 9.97 Å². The van der Waals surface area contributed by atoms with Crippen molar-refractivity contribution in [2.45, 2.75) is 45.0 Å². The Bertz CT molecular complexity index is 1440. The highest BCUT2D eigenvalue weighted by Gasteiger charge is 2.33. The third-order valence-corrected chi connectivity index (χ3v) is 5.60. The molecular weight excluding hydrogens is 516 g/mol. The van der Waals surface area contributed by atoms with E-state index in [1.807, 2.05) is 24.3 Å². The van der Waals surface area contributed by atoms with Crippen molar-refractivity contribution < 1.29 is 31.1 Å². The van der Waals surface area contributed by atoms with E-state index in [0.717, 1.165) is 53.7 Å². The molecule has 1 aliphatic rings. The molecular formula is C24H21F6N7O. The van der Waals surface area contributed by atoms with Crippen LogP contribution in [0.4, 0.5) is 38.0 Å². The molecule has 0 saturated heterocycles. The number of rotatable bonds is 4. The topological polar surface area (TPSA) is 112 Å². The monoisotopic (exact) mass is 537 g/mol. The molecule has 0 unspecified atom stereocenters. The average molecular weight is 537 g/mol. The molecule has 8 nitrogen and oxygen atoms in total. The zero-order valence-corrected chi connectivity index (χ0v) is 19.9. The first-order chi connectivity index (χ1) is 17.8. The van der Waals surface area contributed by atoms with Crippen LogP contribution in [0.3, 0.4) is 0 Å². The first-order valence-corrected chi connectivity index (χ1v) is 11.3. The van der Waals surface area contributed by atoms with Crippen molar-refractivity contribution in [3.05, 3.63) is 65.2 Å². The molecule has 0 fully saturated rings. The van der Waals surface area contributed by atoms with E-state index in [0.29, 0.717) is 5.82 Å². The van der Waals surface area contributed by atoms with Crippen LogP contribution in [0.25, 0.3) is 16.7 Å². The van der Waals surface area contributed by atoms with Gasteiger partial charge in [-0.1, -0.05) is 12.1 Å². The number of carbonyl (C=O) groups is 1. The molecule has 14 heteroatoms. The van der Waals surface area contributed by atoms with E-state index in [1.54, 1.807) is 0 Å². The lowest BCUT2D eigenvalue weighted by Gasteiger charge is -2.11. The van der Waals surface area contributed by atoms with Crippen molar-refractivity contribution in [3.63, 3.8) is 0 Å². The largest absolute Gasteiger partial charge is 0.435 e. The van der Waals surface area contributed by atoms with Crippen LogP contribution in [0.1, 0.15) is 35.9 Å². The quantitative estimate of drug-likeness (QED) is 0.353. The number of hydrogen-bond donors (Lipinski definition) is 2. The highest BCUT2D eigenvalue weighted by Crippen LogP contribution is 2.36. The number of anilines is 2. The highest BCUT2D eigenvalue weighted by atomic mass is 19.4. The molecule has 38 heavy (non-hydrogen) atoms. The summed E-state index contributed by atoms with van der Waals surface area (Å²) in [7, 11) is 0. The van der Waals surface area contributed by atoms with Crippen molar-refractivity contribution in [1.29, 1.82) is 0 Å². The Morgan fingerprint density at radius 3 is 2.29 bits per heavy atom. The molecule has 4 aromatic rings. The van der Waals surface area contributed by atoms with Gasteiger partial charge in [0, 0.05) is 18.3 Å². The molecule has 3 aromatic heterocycles. The van der Waals surface area contributed by atoms with E-state index in [2.05, 4.69) is 30.0 Å². The molecule has 3 N–H and O–H groups in total. The molecule has 0 saturated carbocycles. The van der Waals surface area contributed by atoms with Gasteiger partial charge in [-0.15, -0.1) is 10.2 Å². The summed E-state index contributed by atoms with van der Waals surface area (Å²) in [5.74, 6) is -0.0493. The number of aryl methyl sites for hydroxylation is 1. The minimum absolute atomic E-state index is 0.0266. The Morgan fingerprint density at radius 1 is 1.00 bits per heavy atom. The van der Waals surface area contributed by atoms with Crippen molar-refractivity contribution >= 4 is 28.6 Å². The third-order valence-electron chi connectivity index (χ3n) is 5.60. The van der Waals surface area contributed by atoms with Gasteiger partial charge in [-0.05, 0) is 54.7 Å². The van der Waals surface area contributed by atoms with Gasteiger partial charge in [0.05, 0.1) is 11.9 Å². The maximum atomic E-state index is 12.6. The molecule has 0 radical (unpaired) electrons. The molecule has 1 aromatic carbocycles. The lowest BCUT2D eigenvalue weighted by Crippen LogP contribution is -2.17.